The van der Waals surface area contributed by atoms with E-state index >= 15 is 0 Å². The van der Waals surface area contributed by atoms with Crippen molar-refractivity contribution in [2.45, 2.75) is 0 Å². The van der Waals surface area contributed by atoms with Crippen molar-refractivity contribution >= 4 is 34.3 Å². The Morgan fingerprint density at radius 1 is 0.353 bits per heavy atom. The quantitative estimate of drug-likeness (QED) is 0.245. The fraction of sp³-hybridized carbons (Fsp3) is 0. The van der Waals surface area contributed by atoms with Gasteiger partial charge in [0.15, 0.2) is 0 Å². The van der Waals surface area contributed by atoms with Gasteiger partial charge in [-0.3, -0.25) is 0 Å². The topological polar surface area (TPSA) is 0 Å². The molecule has 7 rings (SSSR count). The van der Waals surface area contributed by atoms with Crippen molar-refractivity contribution < 1.29 is 0 Å². The first-order chi connectivity index (χ1) is 16.7. The number of rotatable bonds is 2. The minimum absolute atomic E-state index is 0.751. The van der Waals surface area contributed by atoms with E-state index in [9.17, 15) is 0 Å². The van der Waals surface area contributed by atoms with Gasteiger partial charge in [-0.05, 0) is 102 Å². The summed E-state index contributed by atoms with van der Waals surface area (Å²) in [5, 5.41) is 4.05. The van der Waals surface area contributed by atoms with Crippen molar-refractivity contribution in [3.8, 4) is 22.3 Å². The molecule has 0 saturated heterocycles. The standard InChI is InChI=1S/C32H18Cl2/c33-21-13-9-19(10-14-21)31-25-7-3-1-5-23(25)27-17-30-28(18-29(27)31)24-6-2-4-8-26(24)32(30)20-11-15-22(34)16-12-20/h1-18H. The van der Waals surface area contributed by atoms with Crippen LogP contribution in [0.4, 0.5) is 0 Å². The Hall–Kier alpha value is -3.58. The number of fused-ring (bicyclic) bond motifs is 6. The van der Waals surface area contributed by atoms with E-state index in [0.717, 1.165) is 10.0 Å². The molecular formula is C32H18Cl2. The Labute approximate surface area is 208 Å². The normalized spacial score (nSPS) is 12.9. The van der Waals surface area contributed by atoms with E-state index in [1.807, 2.05) is 24.3 Å². The molecule has 5 aromatic rings. The summed E-state index contributed by atoms with van der Waals surface area (Å²) in [4.78, 5) is 0. The van der Waals surface area contributed by atoms with E-state index in [1.165, 1.54) is 66.1 Å². The van der Waals surface area contributed by atoms with Gasteiger partial charge in [0, 0.05) is 10.0 Å². The Kier molecular flexibility index (Phi) is 4.36. The van der Waals surface area contributed by atoms with Crippen LogP contribution in [0.5, 0.6) is 0 Å². The number of hydrogen-bond donors (Lipinski definition) is 0. The van der Waals surface area contributed by atoms with Crippen LogP contribution in [0.2, 0.25) is 10.0 Å². The molecule has 2 aliphatic carbocycles. The van der Waals surface area contributed by atoms with Gasteiger partial charge in [0.2, 0.25) is 0 Å². The van der Waals surface area contributed by atoms with Gasteiger partial charge in [-0.1, -0.05) is 96.0 Å². The van der Waals surface area contributed by atoms with Crippen LogP contribution in [0.15, 0.2) is 109 Å². The molecule has 0 heterocycles. The molecule has 2 heteroatoms. The minimum Gasteiger partial charge on any atom is -0.0843 e. The summed E-state index contributed by atoms with van der Waals surface area (Å²) in [5.41, 5.74) is 12.5. The second-order valence-electron chi connectivity index (χ2n) is 8.80. The predicted molar refractivity (Wildman–Crippen MR) is 143 cm³/mol. The van der Waals surface area contributed by atoms with Crippen molar-refractivity contribution in [3.05, 3.63) is 152 Å². The lowest BCUT2D eigenvalue weighted by Crippen LogP contribution is -2.15. The molecule has 0 aromatic heterocycles. The summed E-state index contributed by atoms with van der Waals surface area (Å²) in [6, 6.07) is 38.5. The molecule has 160 valence electrons. The maximum atomic E-state index is 6.22. The summed E-state index contributed by atoms with van der Waals surface area (Å²) in [7, 11) is 0. The zero-order valence-corrected chi connectivity index (χ0v) is 19.7. The van der Waals surface area contributed by atoms with Gasteiger partial charge >= 0.3 is 0 Å². The second kappa shape index (κ2) is 7.46. The van der Waals surface area contributed by atoms with E-state index in [2.05, 4.69) is 84.9 Å². The summed E-state index contributed by atoms with van der Waals surface area (Å²) in [5.74, 6) is 0. The first kappa shape index (κ1) is 19.9. The third-order valence-electron chi connectivity index (χ3n) is 6.94. The van der Waals surface area contributed by atoms with Crippen LogP contribution < -0.4 is 10.4 Å². The van der Waals surface area contributed by atoms with Crippen LogP contribution in [0, 0.1) is 0 Å². The Morgan fingerprint density at radius 3 is 1.09 bits per heavy atom. The Morgan fingerprint density at radius 2 is 0.706 bits per heavy atom. The van der Waals surface area contributed by atoms with Gasteiger partial charge < -0.3 is 0 Å². The van der Waals surface area contributed by atoms with Gasteiger partial charge in [0.25, 0.3) is 0 Å². The lowest BCUT2D eigenvalue weighted by Gasteiger charge is -2.07. The molecule has 0 bridgehead atoms. The highest BCUT2D eigenvalue weighted by Gasteiger charge is 2.26. The van der Waals surface area contributed by atoms with E-state index in [0.29, 0.717) is 0 Å². The van der Waals surface area contributed by atoms with Crippen LogP contribution in [-0.2, 0) is 0 Å². The van der Waals surface area contributed by atoms with E-state index in [1.54, 1.807) is 0 Å². The Bertz CT molecular complexity index is 1610. The molecule has 5 aromatic carbocycles. The molecule has 0 amide bonds. The smallest absolute Gasteiger partial charge is 0.0406 e. The fourth-order valence-electron chi connectivity index (χ4n) is 5.48. The summed E-state index contributed by atoms with van der Waals surface area (Å²) in [6.07, 6.45) is 0. The first-order valence-corrected chi connectivity index (χ1v) is 12.1. The van der Waals surface area contributed by atoms with Gasteiger partial charge in [-0.25, -0.2) is 0 Å². The molecular weight excluding hydrogens is 455 g/mol. The molecule has 2 aliphatic rings. The summed E-state index contributed by atoms with van der Waals surface area (Å²) in [6.45, 7) is 0. The Balaban J connectivity index is 1.62. The SMILES string of the molecule is Clc1ccc(C2=c3cc4c(cc3-c3ccccc32)=C(c2ccc(Cl)cc2)c2ccccc2-4)cc1. The third-order valence-corrected chi connectivity index (χ3v) is 7.44. The first-order valence-electron chi connectivity index (χ1n) is 11.3. The molecule has 0 atom stereocenters. The van der Waals surface area contributed by atoms with Gasteiger partial charge in [-0.2, -0.15) is 0 Å². The molecule has 0 fully saturated rings. The van der Waals surface area contributed by atoms with Crippen molar-refractivity contribution in [3.63, 3.8) is 0 Å². The molecule has 0 spiro atoms. The van der Waals surface area contributed by atoms with Crippen molar-refractivity contribution in [1.82, 2.24) is 0 Å². The van der Waals surface area contributed by atoms with Crippen LogP contribution in [-0.4, -0.2) is 0 Å². The van der Waals surface area contributed by atoms with Crippen LogP contribution >= 0.6 is 23.2 Å². The molecule has 0 nitrogen and oxygen atoms in total. The fourth-order valence-corrected chi connectivity index (χ4v) is 5.73. The van der Waals surface area contributed by atoms with E-state index in [4.69, 9.17) is 23.2 Å². The monoisotopic (exact) mass is 472 g/mol. The van der Waals surface area contributed by atoms with Crippen LogP contribution in [0.3, 0.4) is 0 Å². The molecule has 0 saturated carbocycles. The average Bonchev–Trinajstić information content (AvgIpc) is 3.36. The highest BCUT2D eigenvalue weighted by Crippen LogP contribution is 2.39. The van der Waals surface area contributed by atoms with E-state index < -0.39 is 0 Å². The minimum atomic E-state index is 0.751. The van der Waals surface area contributed by atoms with Crippen molar-refractivity contribution in [1.29, 1.82) is 0 Å². The highest BCUT2D eigenvalue weighted by molar-refractivity contribution is 6.31. The van der Waals surface area contributed by atoms with Crippen LogP contribution in [0.25, 0.3) is 33.4 Å². The molecule has 0 N–H and O–H groups in total. The lowest BCUT2D eigenvalue weighted by atomic mass is 9.97. The van der Waals surface area contributed by atoms with Gasteiger partial charge in [0.1, 0.15) is 0 Å². The van der Waals surface area contributed by atoms with Gasteiger partial charge in [-0.15, -0.1) is 0 Å². The molecule has 34 heavy (non-hydrogen) atoms. The van der Waals surface area contributed by atoms with Crippen LogP contribution in [0.1, 0.15) is 22.3 Å². The summed E-state index contributed by atoms with van der Waals surface area (Å²) < 4.78 is 0. The maximum absolute atomic E-state index is 6.22. The van der Waals surface area contributed by atoms with E-state index in [-0.39, 0.29) is 0 Å². The molecule has 0 radical (unpaired) electrons. The third kappa shape index (κ3) is 2.86. The summed E-state index contributed by atoms with van der Waals surface area (Å²) >= 11 is 12.4. The van der Waals surface area contributed by atoms with Crippen molar-refractivity contribution in [2.24, 2.45) is 0 Å². The maximum Gasteiger partial charge on any atom is 0.0406 e. The largest absolute Gasteiger partial charge is 0.0843 e. The van der Waals surface area contributed by atoms with Gasteiger partial charge in [0.05, 0.1) is 0 Å². The number of hydrogen-bond acceptors (Lipinski definition) is 0. The highest BCUT2D eigenvalue weighted by atomic mass is 35.5. The predicted octanol–water partition coefficient (Wildman–Crippen LogP) is 7.45. The number of benzene rings is 5. The molecule has 0 aliphatic heterocycles. The lowest BCUT2D eigenvalue weighted by molar-refractivity contribution is 1.52. The average molecular weight is 473 g/mol. The van der Waals surface area contributed by atoms with Crippen molar-refractivity contribution in [2.75, 3.05) is 0 Å². The molecule has 0 unspecified atom stereocenters. The number of halogens is 2. The zero-order valence-electron chi connectivity index (χ0n) is 18.1. The second-order valence-corrected chi connectivity index (χ2v) is 9.67. The zero-order chi connectivity index (χ0) is 22.8.